The summed E-state index contributed by atoms with van der Waals surface area (Å²) in [5, 5.41) is 2.06. The Bertz CT molecular complexity index is 1470. The molecule has 1 fully saturated rings. The lowest BCUT2D eigenvalue weighted by Crippen LogP contribution is -2.34. The Balaban J connectivity index is 1.10. The molecule has 0 amide bonds. The number of aromatic nitrogens is 3. The highest BCUT2D eigenvalue weighted by molar-refractivity contribution is 7.21. The van der Waals surface area contributed by atoms with Crippen molar-refractivity contribution in [2.24, 2.45) is 0 Å². The van der Waals surface area contributed by atoms with Crippen LogP contribution in [-0.2, 0) is 33.1 Å². The molecule has 0 aliphatic carbocycles. The highest BCUT2D eigenvalue weighted by atomic mass is 35.5. The lowest BCUT2D eigenvalue weighted by atomic mass is 10.1. The topological polar surface area (TPSA) is 58.4 Å². The van der Waals surface area contributed by atoms with Crippen molar-refractivity contribution in [3.05, 3.63) is 107 Å². The first-order valence-corrected chi connectivity index (χ1v) is 13.4. The summed E-state index contributed by atoms with van der Waals surface area (Å²) < 4.78 is 21.8. The van der Waals surface area contributed by atoms with E-state index in [-0.39, 0.29) is 6.10 Å². The second kappa shape index (κ2) is 10.5. The number of halogens is 2. The zero-order chi connectivity index (χ0) is 25.2. The number of ether oxygens (including phenoxy) is 3. The van der Waals surface area contributed by atoms with Gasteiger partial charge in [-0.3, -0.25) is 0 Å². The van der Waals surface area contributed by atoms with Gasteiger partial charge in [-0.2, -0.15) is 0 Å². The molecule has 3 heterocycles. The van der Waals surface area contributed by atoms with E-state index in [1.165, 1.54) is 4.70 Å². The number of benzene rings is 3. The van der Waals surface area contributed by atoms with E-state index in [9.17, 15) is 0 Å². The van der Waals surface area contributed by atoms with Crippen molar-refractivity contribution in [3.8, 4) is 10.6 Å². The first-order chi connectivity index (χ1) is 18.1. The molecule has 9 heteroatoms. The Kier molecular flexibility index (Phi) is 6.99. The van der Waals surface area contributed by atoms with Crippen molar-refractivity contribution < 1.29 is 14.2 Å². The van der Waals surface area contributed by atoms with Crippen molar-refractivity contribution in [2.45, 2.75) is 25.0 Å². The molecule has 6 rings (SSSR count). The summed E-state index contributed by atoms with van der Waals surface area (Å²) in [6, 6.07) is 21.8. The van der Waals surface area contributed by atoms with Crippen molar-refractivity contribution >= 4 is 44.8 Å². The Labute approximate surface area is 228 Å². The summed E-state index contributed by atoms with van der Waals surface area (Å²) in [5.74, 6) is -1.06. The smallest absolute Gasteiger partial charge is 0.215 e. The molecular formula is C28H23Cl2N3O3S. The van der Waals surface area contributed by atoms with Gasteiger partial charge in [0, 0.05) is 28.5 Å². The predicted octanol–water partition coefficient (Wildman–Crippen LogP) is 6.95. The first-order valence-electron chi connectivity index (χ1n) is 11.8. The van der Waals surface area contributed by atoms with Crippen LogP contribution in [0.5, 0.6) is 0 Å². The Hall–Kier alpha value is -2.78. The number of imidazole rings is 1. The van der Waals surface area contributed by atoms with E-state index in [4.69, 9.17) is 42.4 Å². The second-order valence-electron chi connectivity index (χ2n) is 8.86. The van der Waals surface area contributed by atoms with E-state index in [1.54, 1.807) is 36.0 Å². The molecule has 0 saturated carbocycles. The van der Waals surface area contributed by atoms with E-state index in [0.717, 1.165) is 27.2 Å². The van der Waals surface area contributed by atoms with Crippen LogP contribution in [-0.4, -0.2) is 33.9 Å². The van der Waals surface area contributed by atoms with Crippen LogP contribution in [0.25, 0.3) is 20.8 Å². The normalized spacial score (nSPS) is 19.6. The molecule has 6 nitrogen and oxygen atoms in total. The average Bonchev–Trinajstić information content (AvgIpc) is 3.65. The van der Waals surface area contributed by atoms with Gasteiger partial charge in [-0.05, 0) is 29.8 Å². The molecule has 3 aromatic carbocycles. The molecule has 0 radical (unpaired) electrons. The highest BCUT2D eigenvalue weighted by Crippen LogP contribution is 2.40. The molecule has 2 aromatic heterocycles. The molecule has 5 aromatic rings. The summed E-state index contributed by atoms with van der Waals surface area (Å²) in [5.41, 5.74) is 3.92. The SMILES string of the molecule is Clc1ccc(C2(Cn3ccnc3)OCC(COCc3ccc(-c4nc5ccccc5s4)cc3)O2)c(Cl)c1. The number of para-hydroxylation sites is 1. The standard InChI is InChI=1S/C28H23Cl2N3O3S/c29-21-9-10-23(24(30)13-21)28(17-33-12-11-31-18-33)35-16-22(36-28)15-34-14-19-5-7-20(8-6-19)27-32-25-3-1-2-4-26(25)37-27/h1-13,18,22H,14-17H2. The van der Waals surface area contributed by atoms with Gasteiger partial charge in [0.1, 0.15) is 11.1 Å². The summed E-state index contributed by atoms with van der Waals surface area (Å²) in [4.78, 5) is 8.87. The van der Waals surface area contributed by atoms with Crippen LogP contribution in [0.4, 0.5) is 0 Å². The van der Waals surface area contributed by atoms with Crippen LogP contribution in [0.3, 0.4) is 0 Å². The third kappa shape index (κ3) is 5.29. The van der Waals surface area contributed by atoms with E-state index in [2.05, 4.69) is 35.3 Å². The maximum absolute atomic E-state index is 6.55. The maximum Gasteiger partial charge on any atom is 0.215 e. The van der Waals surface area contributed by atoms with E-state index >= 15 is 0 Å². The minimum absolute atomic E-state index is 0.253. The van der Waals surface area contributed by atoms with Crippen LogP contribution in [0.15, 0.2) is 85.5 Å². The van der Waals surface area contributed by atoms with Gasteiger partial charge in [-0.25, -0.2) is 9.97 Å². The zero-order valence-electron chi connectivity index (χ0n) is 19.7. The van der Waals surface area contributed by atoms with E-state index < -0.39 is 5.79 Å². The van der Waals surface area contributed by atoms with Gasteiger partial charge < -0.3 is 18.8 Å². The van der Waals surface area contributed by atoms with E-state index in [1.807, 2.05) is 35.0 Å². The third-order valence-electron chi connectivity index (χ3n) is 6.22. The Morgan fingerprint density at radius 1 is 1.08 bits per heavy atom. The van der Waals surface area contributed by atoms with Gasteiger partial charge in [0.05, 0.1) is 47.9 Å². The van der Waals surface area contributed by atoms with Gasteiger partial charge in [0.25, 0.3) is 0 Å². The quantitative estimate of drug-likeness (QED) is 0.209. The monoisotopic (exact) mass is 551 g/mol. The largest absolute Gasteiger partial charge is 0.374 e. The van der Waals surface area contributed by atoms with Gasteiger partial charge in [0.15, 0.2) is 0 Å². The molecule has 0 spiro atoms. The van der Waals surface area contributed by atoms with Crippen LogP contribution >= 0.6 is 34.5 Å². The van der Waals surface area contributed by atoms with Crippen LogP contribution in [0, 0.1) is 0 Å². The number of hydrogen-bond donors (Lipinski definition) is 0. The maximum atomic E-state index is 6.55. The van der Waals surface area contributed by atoms with E-state index in [0.29, 0.717) is 36.4 Å². The predicted molar refractivity (Wildman–Crippen MR) is 146 cm³/mol. The summed E-state index contributed by atoms with van der Waals surface area (Å²) in [6.45, 7) is 1.63. The second-order valence-corrected chi connectivity index (χ2v) is 10.7. The number of rotatable bonds is 8. The van der Waals surface area contributed by atoms with Gasteiger partial charge >= 0.3 is 0 Å². The first kappa shape index (κ1) is 24.6. The lowest BCUT2D eigenvalue weighted by molar-refractivity contribution is -0.191. The minimum Gasteiger partial charge on any atom is -0.374 e. The summed E-state index contributed by atoms with van der Waals surface area (Å²) in [6.07, 6.45) is 5.05. The molecule has 1 aliphatic rings. The molecule has 2 atom stereocenters. The fourth-order valence-corrected chi connectivity index (χ4v) is 5.95. The van der Waals surface area contributed by atoms with Crippen LogP contribution in [0.1, 0.15) is 11.1 Å². The van der Waals surface area contributed by atoms with Gasteiger partial charge in [-0.15, -0.1) is 11.3 Å². The lowest BCUT2D eigenvalue weighted by Gasteiger charge is -2.30. The summed E-state index contributed by atoms with van der Waals surface area (Å²) >= 11 is 14.4. The average molecular weight is 552 g/mol. The molecule has 188 valence electrons. The summed E-state index contributed by atoms with van der Waals surface area (Å²) in [7, 11) is 0. The third-order valence-corrected chi connectivity index (χ3v) is 7.85. The van der Waals surface area contributed by atoms with Crippen LogP contribution < -0.4 is 0 Å². The number of hydrogen-bond acceptors (Lipinski definition) is 6. The fraction of sp³-hybridized carbons (Fsp3) is 0.214. The molecule has 1 aliphatic heterocycles. The van der Waals surface area contributed by atoms with Crippen molar-refractivity contribution in [3.63, 3.8) is 0 Å². The molecular weight excluding hydrogens is 529 g/mol. The zero-order valence-corrected chi connectivity index (χ0v) is 22.0. The minimum atomic E-state index is -1.06. The highest BCUT2D eigenvalue weighted by Gasteiger charge is 2.45. The van der Waals surface area contributed by atoms with Crippen molar-refractivity contribution in [1.82, 2.24) is 14.5 Å². The van der Waals surface area contributed by atoms with Crippen molar-refractivity contribution in [2.75, 3.05) is 13.2 Å². The Morgan fingerprint density at radius 2 is 1.95 bits per heavy atom. The number of nitrogens with zero attached hydrogens (tertiary/aromatic N) is 3. The Morgan fingerprint density at radius 3 is 2.73 bits per heavy atom. The van der Waals surface area contributed by atoms with Gasteiger partial charge in [0.2, 0.25) is 5.79 Å². The molecule has 2 unspecified atom stereocenters. The number of fused-ring (bicyclic) bond motifs is 1. The fourth-order valence-electron chi connectivity index (χ4n) is 4.42. The number of thiazole rings is 1. The molecule has 0 bridgehead atoms. The van der Waals surface area contributed by atoms with Crippen LogP contribution in [0.2, 0.25) is 10.0 Å². The van der Waals surface area contributed by atoms with Gasteiger partial charge in [-0.1, -0.05) is 65.7 Å². The molecule has 37 heavy (non-hydrogen) atoms. The molecule has 0 N–H and O–H groups in total. The van der Waals surface area contributed by atoms with Crippen molar-refractivity contribution in [1.29, 1.82) is 0 Å². The molecule has 1 saturated heterocycles.